The van der Waals surface area contributed by atoms with E-state index in [4.69, 9.17) is 0 Å². The molecule has 0 aromatic heterocycles. The Kier molecular flexibility index (Phi) is 15.1. The third-order valence-electron chi connectivity index (χ3n) is 18.2. The van der Waals surface area contributed by atoms with E-state index in [9.17, 15) is 0 Å². The number of aryl methyl sites for hydroxylation is 1. The van der Waals surface area contributed by atoms with Crippen molar-refractivity contribution >= 4 is 77.2 Å². The molecule has 1 radical (unpaired) electrons. The van der Waals surface area contributed by atoms with E-state index in [2.05, 4.69) is 296 Å². The van der Waals surface area contributed by atoms with Crippen molar-refractivity contribution in [3.8, 4) is 11.1 Å². The molecule has 0 amide bonds. The first-order chi connectivity index (χ1) is 38.4. The van der Waals surface area contributed by atoms with Crippen LogP contribution in [0.25, 0.3) is 11.1 Å². The van der Waals surface area contributed by atoms with Crippen LogP contribution in [0.5, 0.6) is 0 Å². The average Bonchev–Trinajstić information content (AvgIpc) is 3.43. The number of para-hydroxylation sites is 2. The summed E-state index contributed by atoms with van der Waals surface area (Å²) in [4.78, 5) is 2.53. The molecule has 2 heterocycles. The summed E-state index contributed by atoms with van der Waals surface area (Å²) in [5.74, 6) is 2.32. The number of benzene rings is 9. The number of rotatable bonds is 13. The van der Waals surface area contributed by atoms with Crippen LogP contribution >= 0.6 is 0 Å². The van der Waals surface area contributed by atoms with E-state index in [1.54, 1.807) is 0 Å². The maximum absolute atomic E-state index is 2.62. The van der Waals surface area contributed by atoms with Crippen LogP contribution in [0, 0.1) is 6.92 Å². The van der Waals surface area contributed by atoms with Gasteiger partial charge in [-0.1, -0.05) is 298 Å². The number of hydrogen-bond donors (Lipinski definition) is 0. The molecule has 0 bridgehead atoms. The van der Waals surface area contributed by atoms with Gasteiger partial charge in [-0.2, -0.15) is 0 Å². The predicted molar refractivity (Wildman–Crippen MR) is 353 cm³/mol. The lowest BCUT2D eigenvalue weighted by atomic mass is 9.20. The summed E-state index contributed by atoms with van der Waals surface area (Å²) in [6, 6.07) is 73.9. The SMILES string of the molecule is Cc1ccccc1C1(c2ccccc2[Si](C)C)c2ccccc2N(c2ccc(-c3ccc4c(c3)B(c3c(C(C)C)cc(C(C)C)cc3C(C)C)c3ccccc3B4c3c(C(C)C)cc(C(C)C)cc3C(C)C)cc2)c2ccccc21. The number of hydrogen-bond acceptors (Lipinski definition) is 1. The molecule has 0 spiro atoms. The van der Waals surface area contributed by atoms with Gasteiger partial charge in [0.1, 0.15) is 0 Å². The van der Waals surface area contributed by atoms with Crippen molar-refractivity contribution in [3.63, 3.8) is 0 Å². The van der Waals surface area contributed by atoms with E-state index in [1.807, 2.05) is 0 Å². The van der Waals surface area contributed by atoms with Crippen LogP contribution in [-0.2, 0) is 5.41 Å². The second-order valence-electron chi connectivity index (χ2n) is 25.5. The van der Waals surface area contributed by atoms with E-state index >= 15 is 0 Å². The Balaban J connectivity index is 1.13. The van der Waals surface area contributed by atoms with Crippen molar-refractivity contribution in [2.45, 2.75) is 144 Å². The molecule has 1 nitrogen and oxygen atoms in total. The molecular weight excluding hydrogens is 977 g/mol. The third-order valence-corrected chi connectivity index (χ3v) is 19.7. The van der Waals surface area contributed by atoms with Crippen molar-refractivity contribution < 1.29 is 0 Å². The average molecular weight is 1060 g/mol. The summed E-state index contributed by atoms with van der Waals surface area (Å²) in [5, 5.41) is 1.48. The molecule has 2 aliphatic heterocycles. The van der Waals surface area contributed by atoms with E-state index < -0.39 is 14.2 Å². The fraction of sp³-hybridized carbons (Fsp3) is 0.289. The fourth-order valence-electron chi connectivity index (χ4n) is 14.2. The van der Waals surface area contributed by atoms with Gasteiger partial charge < -0.3 is 4.90 Å². The van der Waals surface area contributed by atoms with Gasteiger partial charge in [-0.25, -0.2) is 0 Å². The van der Waals surface area contributed by atoms with E-state index in [-0.39, 0.29) is 13.4 Å². The zero-order valence-electron chi connectivity index (χ0n) is 50.5. The zero-order valence-corrected chi connectivity index (χ0v) is 51.5. The minimum atomic E-state index is -0.850. The molecule has 0 N–H and O–H groups in total. The summed E-state index contributed by atoms with van der Waals surface area (Å²) < 4.78 is 0. The quantitative estimate of drug-likeness (QED) is 0.104. The molecule has 11 rings (SSSR count). The molecule has 0 saturated heterocycles. The largest absolute Gasteiger partial charge is 0.310 e. The Labute approximate surface area is 483 Å². The molecule has 401 valence electrons. The van der Waals surface area contributed by atoms with Gasteiger partial charge in [0.25, 0.3) is 0 Å². The Morgan fingerprint density at radius 3 is 1.20 bits per heavy atom. The number of fused-ring (bicyclic) bond motifs is 4. The maximum Gasteiger partial charge on any atom is 0.240 e. The Morgan fingerprint density at radius 2 is 0.750 bits per heavy atom. The highest BCUT2D eigenvalue weighted by Gasteiger charge is 2.48. The van der Waals surface area contributed by atoms with Gasteiger partial charge in [0, 0.05) is 5.69 Å². The van der Waals surface area contributed by atoms with Gasteiger partial charge in [0.2, 0.25) is 13.4 Å². The smallest absolute Gasteiger partial charge is 0.240 e. The highest BCUT2D eigenvalue weighted by molar-refractivity contribution is 7.11. The Hall–Kier alpha value is -6.87. The van der Waals surface area contributed by atoms with Crippen LogP contribution in [-0.4, -0.2) is 22.2 Å². The van der Waals surface area contributed by atoms with Gasteiger partial charge in [0.05, 0.1) is 25.6 Å². The summed E-state index contributed by atoms with van der Waals surface area (Å²) in [5.41, 5.74) is 29.8. The lowest BCUT2D eigenvalue weighted by Crippen LogP contribution is -2.76. The van der Waals surface area contributed by atoms with E-state index in [0.717, 1.165) is 5.69 Å². The Bertz CT molecular complexity index is 3660. The normalized spacial score (nSPS) is 13.8. The molecule has 0 fully saturated rings. The summed E-state index contributed by atoms with van der Waals surface area (Å²) >= 11 is 0. The fourth-order valence-corrected chi connectivity index (χ4v) is 15.5. The first kappa shape index (κ1) is 55.1. The molecule has 9 aromatic rings. The molecular formula is C76H82B2NSi. The molecule has 80 heavy (non-hydrogen) atoms. The first-order valence-electron chi connectivity index (χ1n) is 30.1. The Morgan fingerprint density at radius 1 is 0.362 bits per heavy atom. The molecule has 9 aromatic carbocycles. The van der Waals surface area contributed by atoms with Gasteiger partial charge >= 0.3 is 0 Å². The van der Waals surface area contributed by atoms with Crippen molar-refractivity contribution in [2.24, 2.45) is 0 Å². The van der Waals surface area contributed by atoms with Gasteiger partial charge in [-0.05, 0) is 139 Å². The van der Waals surface area contributed by atoms with Crippen LogP contribution in [0.15, 0.2) is 188 Å². The molecule has 0 saturated carbocycles. The van der Waals surface area contributed by atoms with Crippen molar-refractivity contribution in [1.29, 1.82) is 0 Å². The minimum Gasteiger partial charge on any atom is -0.310 e. The van der Waals surface area contributed by atoms with Gasteiger partial charge in [0.15, 0.2) is 0 Å². The molecule has 2 aliphatic rings. The predicted octanol–water partition coefficient (Wildman–Crippen LogP) is 15.9. The zero-order chi connectivity index (χ0) is 56.5. The van der Waals surface area contributed by atoms with Crippen LogP contribution in [0.2, 0.25) is 13.1 Å². The maximum atomic E-state index is 2.62. The summed E-state index contributed by atoms with van der Waals surface area (Å²) in [6.45, 7) is 36.0. The van der Waals surface area contributed by atoms with Crippen LogP contribution in [0.3, 0.4) is 0 Å². The number of nitrogens with zero attached hydrogens (tertiary/aromatic N) is 1. The minimum absolute atomic E-state index is 0.0604. The highest BCUT2D eigenvalue weighted by atomic mass is 28.3. The van der Waals surface area contributed by atoms with Gasteiger partial charge in [-0.15, -0.1) is 0 Å². The lowest BCUT2D eigenvalue weighted by molar-refractivity contribution is 0.729. The van der Waals surface area contributed by atoms with Crippen LogP contribution in [0.4, 0.5) is 17.1 Å². The van der Waals surface area contributed by atoms with Crippen molar-refractivity contribution in [1.82, 2.24) is 0 Å². The van der Waals surface area contributed by atoms with Gasteiger partial charge in [-0.3, -0.25) is 0 Å². The van der Waals surface area contributed by atoms with Crippen LogP contribution < -0.4 is 42.9 Å². The second-order valence-corrected chi connectivity index (χ2v) is 28.1. The van der Waals surface area contributed by atoms with Crippen LogP contribution in [0.1, 0.15) is 180 Å². The van der Waals surface area contributed by atoms with Crippen molar-refractivity contribution in [2.75, 3.05) is 4.90 Å². The topological polar surface area (TPSA) is 3.24 Å². The summed E-state index contributed by atoms with van der Waals surface area (Å²) in [7, 11) is -0.850. The monoisotopic (exact) mass is 1060 g/mol. The highest BCUT2D eigenvalue weighted by Crippen LogP contribution is 2.58. The molecule has 0 unspecified atom stereocenters. The number of anilines is 3. The van der Waals surface area contributed by atoms with Crippen molar-refractivity contribution in [3.05, 3.63) is 249 Å². The van der Waals surface area contributed by atoms with E-state index in [1.165, 1.54) is 122 Å². The molecule has 0 aliphatic carbocycles. The third kappa shape index (κ3) is 9.19. The standard InChI is InChI=1S/C76H82B2NSi/c1-47(2)56-42-59(49(5)6)74(60(43-56)50(7)8)77-67-31-21-22-32-68(67)78(75-61(51(9)10)44-57(48(3)4)45-62(75)52(11)12)70-46-55(38-41-69(70)77)54-36-39-58(40-37-54)79-71-33-23-18-28-64(71)76(63-27-17-16-26-53(63)13,65-29-19-24-34-72(65)79)66-30-20-25-35-73(66)80(14)15/h16-52H,1-15H3. The lowest BCUT2D eigenvalue weighted by Gasteiger charge is -2.47. The molecule has 0 atom stereocenters. The van der Waals surface area contributed by atoms with E-state index in [0.29, 0.717) is 35.5 Å². The first-order valence-corrected chi connectivity index (χ1v) is 32.6. The second kappa shape index (κ2) is 21.9. The molecule has 4 heteroatoms. The summed E-state index contributed by atoms with van der Waals surface area (Å²) in [6.07, 6.45) is 0.